The lowest BCUT2D eigenvalue weighted by Gasteiger charge is -2.49. The number of amides is 1. The first kappa shape index (κ1) is 17.7. The number of carbonyl (C=O) groups is 1. The summed E-state index contributed by atoms with van der Waals surface area (Å²) in [4.78, 5) is 29.0. The maximum absolute atomic E-state index is 13.6. The van der Waals surface area contributed by atoms with Crippen LogP contribution in [0.15, 0.2) is 18.5 Å². The molecule has 0 radical (unpaired) electrons. The average molecular weight is 359 g/mol. The molecule has 4 rings (SSSR count). The van der Waals surface area contributed by atoms with E-state index in [1.165, 1.54) is 6.42 Å². The highest BCUT2D eigenvalue weighted by atomic mass is 16.5. The number of hydrogen-bond donors (Lipinski definition) is 0. The Balaban J connectivity index is 1.45. The van der Waals surface area contributed by atoms with Crippen LogP contribution >= 0.6 is 0 Å². The molecule has 2 aliphatic heterocycles. The Morgan fingerprint density at radius 1 is 0.923 bits per heavy atom. The number of aromatic nitrogens is 2. The molecule has 26 heavy (non-hydrogen) atoms. The SMILES string of the molecule is O=C(N1CCN(c2ncccn2)CC1)C1(N2CCOCC2)CCCCC1. The predicted octanol–water partition coefficient (Wildman–Crippen LogP) is 1.16. The van der Waals surface area contributed by atoms with E-state index in [0.29, 0.717) is 5.91 Å². The minimum atomic E-state index is -0.298. The van der Waals surface area contributed by atoms with Crippen LogP contribution < -0.4 is 4.90 Å². The van der Waals surface area contributed by atoms with Gasteiger partial charge in [0.25, 0.3) is 0 Å². The van der Waals surface area contributed by atoms with Gasteiger partial charge in [-0.15, -0.1) is 0 Å². The molecule has 0 N–H and O–H groups in total. The van der Waals surface area contributed by atoms with Crippen LogP contribution in [0.4, 0.5) is 5.95 Å². The Labute approximate surface area is 155 Å². The zero-order valence-corrected chi connectivity index (χ0v) is 15.5. The van der Waals surface area contributed by atoms with Gasteiger partial charge < -0.3 is 14.5 Å². The molecule has 1 saturated carbocycles. The summed E-state index contributed by atoms with van der Waals surface area (Å²) in [6.07, 6.45) is 9.09. The Bertz CT molecular complexity index is 591. The van der Waals surface area contributed by atoms with Gasteiger partial charge in [0.1, 0.15) is 5.54 Å². The quantitative estimate of drug-likeness (QED) is 0.807. The zero-order valence-electron chi connectivity index (χ0n) is 15.5. The van der Waals surface area contributed by atoms with E-state index in [9.17, 15) is 4.79 Å². The van der Waals surface area contributed by atoms with E-state index < -0.39 is 0 Å². The van der Waals surface area contributed by atoms with Gasteiger partial charge in [0.15, 0.2) is 0 Å². The van der Waals surface area contributed by atoms with Crippen LogP contribution in [0, 0.1) is 0 Å². The van der Waals surface area contributed by atoms with E-state index in [0.717, 1.165) is 84.1 Å². The van der Waals surface area contributed by atoms with Crippen LogP contribution in [0.5, 0.6) is 0 Å². The molecule has 2 saturated heterocycles. The predicted molar refractivity (Wildman–Crippen MR) is 99.0 cm³/mol. The summed E-state index contributed by atoms with van der Waals surface area (Å²) in [5, 5.41) is 0. The number of morpholine rings is 1. The minimum absolute atomic E-state index is 0.298. The van der Waals surface area contributed by atoms with Crippen molar-refractivity contribution in [2.75, 3.05) is 57.4 Å². The molecule has 7 nitrogen and oxygen atoms in total. The normalized spacial score (nSPS) is 24.5. The van der Waals surface area contributed by atoms with E-state index in [-0.39, 0.29) is 5.54 Å². The molecule has 1 aliphatic carbocycles. The van der Waals surface area contributed by atoms with Crippen LogP contribution in [0.3, 0.4) is 0 Å². The highest BCUT2D eigenvalue weighted by molar-refractivity contribution is 5.87. The first-order chi connectivity index (χ1) is 12.8. The second-order valence-corrected chi connectivity index (χ2v) is 7.52. The fourth-order valence-electron chi connectivity index (χ4n) is 4.65. The maximum Gasteiger partial charge on any atom is 0.243 e. The molecule has 0 bridgehead atoms. The third-order valence-corrected chi connectivity index (χ3v) is 6.10. The molecule has 3 aliphatic rings. The van der Waals surface area contributed by atoms with Crippen molar-refractivity contribution >= 4 is 11.9 Å². The largest absolute Gasteiger partial charge is 0.379 e. The van der Waals surface area contributed by atoms with Gasteiger partial charge in [-0.25, -0.2) is 9.97 Å². The molecule has 1 aromatic rings. The molecule has 3 heterocycles. The van der Waals surface area contributed by atoms with Crippen LogP contribution in [0.1, 0.15) is 32.1 Å². The van der Waals surface area contributed by atoms with E-state index in [1.807, 2.05) is 6.07 Å². The Morgan fingerprint density at radius 3 is 2.23 bits per heavy atom. The summed E-state index contributed by atoms with van der Waals surface area (Å²) in [6, 6.07) is 1.83. The van der Waals surface area contributed by atoms with Gasteiger partial charge in [-0.05, 0) is 18.9 Å². The standard InChI is InChI=1S/C19H29N5O2/c25-17(19(5-2-1-3-6-19)24-13-15-26-16-14-24)22-9-11-23(12-10-22)18-20-7-4-8-21-18/h4,7-8H,1-3,5-6,9-16H2. The van der Waals surface area contributed by atoms with Crippen LogP contribution in [-0.2, 0) is 9.53 Å². The van der Waals surface area contributed by atoms with Gasteiger partial charge in [0.2, 0.25) is 11.9 Å². The van der Waals surface area contributed by atoms with Crippen LogP contribution in [0.2, 0.25) is 0 Å². The molecule has 0 spiro atoms. The molecular weight excluding hydrogens is 330 g/mol. The van der Waals surface area contributed by atoms with Crippen molar-refractivity contribution < 1.29 is 9.53 Å². The minimum Gasteiger partial charge on any atom is -0.379 e. The second-order valence-electron chi connectivity index (χ2n) is 7.52. The van der Waals surface area contributed by atoms with Crippen LogP contribution in [0.25, 0.3) is 0 Å². The molecule has 1 aromatic heterocycles. The van der Waals surface area contributed by atoms with Crippen molar-refractivity contribution in [3.05, 3.63) is 18.5 Å². The van der Waals surface area contributed by atoms with Crippen molar-refractivity contribution in [1.82, 2.24) is 19.8 Å². The molecular formula is C19H29N5O2. The van der Waals surface area contributed by atoms with E-state index in [4.69, 9.17) is 4.74 Å². The van der Waals surface area contributed by atoms with Crippen molar-refractivity contribution in [2.24, 2.45) is 0 Å². The van der Waals surface area contributed by atoms with Crippen LogP contribution in [-0.4, -0.2) is 83.7 Å². The zero-order chi connectivity index (χ0) is 17.8. The monoisotopic (exact) mass is 359 g/mol. The topological polar surface area (TPSA) is 61.8 Å². The molecule has 0 unspecified atom stereocenters. The molecule has 0 aromatic carbocycles. The number of ether oxygens (including phenoxy) is 1. The summed E-state index contributed by atoms with van der Waals surface area (Å²) < 4.78 is 5.54. The van der Waals surface area contributed by atoms with Gasteiger partial charge in [0.05, 0.1) is 13.2 Å². The lowest BCUT2D eigenvalue weighted by molar-refractivity contribution is -0.151. The first-order valence-electron chi connectivity index (χ1n) is 9.94. The number of carbonyl (C=O) groups excluding carboxylic acids is 1. The average Bonchev–Trinajstić information content (AvgIpc) is 2.75. The van der Waals surface area contributed by atoms with Crippen molar-refractivity contribution in [3.63, 3.8) is 0 Å². The van der Waals surface area contributed by atoms with Gasteiger partial charge in [-0.2, -0.15) is 0 Å². The third-order valence-electron chi connectivity index (χ3n) is 6.10. The summed E-state index contributed by atoms with van der Waals surface area (Å²) in [7, 11) is 0. The Morgan fingerprint density at radius 2 is 1.58 bits per heavy atom. The number of piperazine rings is 1. The summed E-state index contributed by atoms with van der Waals surface area (Å²) in [6.45, 7) is 6.35. The summed E-state index contributed by atoms with van der Waals surface area (Å²) >= 11 is 0. The number of rotatable bonds is 3. The molecule has 7 heteroatoms. The van der Waals surface area contributed by atoms with E-state index in [1.54, 1.807) is 12.4 Å². The third kappa shape index (κ3) is 3.42. The van der Waals surface area contributed by atoms with Crippen molar-refractivity contribution in [2.45, 2.75) is 37.6 Å². The Hall–Kier alpha value is -1.73. The summed E-state index contributed by atoms with van der Waals surface area (Å²) in [5.41, 5.74) is -0.298. The number of anilines is 1. The lowest BCUT2D eigenvalue weighted by Crippen LogP contribution is -2.65. The van der Waals surface area contributed by atoms with Gasteiger partial charge in [-0.3, -0.25) is 9.69 Å². The smallest absolute Gasteiger partial charge is 0.243 e. The maximum atomic E-state index is 13.6. The number of hydrogen-bond acceptors (Lipinski definition) is 6. The van der Waals surface area contributed by atoms with Gasteiger partial charge in [-0.1, -0.05) is 19.3 Å². The first-order valence-corrected chi connectivity index (χ1v) is 9.94. The second kappa shape index (κ2) is 7.88. The highest BCUT2D eigenvalue weighted by Gasteiger charge is 2.47. The highest BCUT2D eigenvalue weighted by Crippen LogP contribution is 2.36. The van der Waals surface area contributed by atoms with Crippen molar-refractivity contribution in [3.8, 4) is 0 Å². The van der Waals surface area contributed by atoms with E-state index >= 15 is 0 Å². The molecule has 0 atom stereocenters. The van der Waals surface area contributed by atoms with Gasteiger partial charge in [0, 0.05) is 51.7 Å². The van der Waals surface area contributed by atoms with E-state index in [2.05, 4.69) is 24.7 Å². The molecule has 1 amide bonds. The van der Waals surface area contributed by atoms with Gasteiger partial charge >= 0.3 is 0 Å². The Kier molecular flexibility index (Phi) is 5.36. The summed E-state index contributed by atoms with van der Waals surface area (Å²) in [5.74, 6) is 1.10. The lowest BCUT2D eigenvalue weighted by atomic mass is 9.78. The number of nitrogens with zero attached hydrogens (tertiary/aromatic N) is 5. The fourth-order valence-corrected chi connectivity index (χ4v) is 4.65. The molecule has 142 valence electrons. The molecule has 3 fully saturated rings. The fraction of sp³-hybridized carbons (Fsp3) is 0.737. The van der Waals surface area contributed by atoms with Crippen molar-refractivity contribution in [1.29, 1.82) is 0 Å².